The molecule has 4 heteroatoms. The maximum absolute atomic E-state index is 6.22. The van der Waals surface area contributed by atoms with E-state index in [-0.39, 0.29) is 5.38 Å². The van der Waals surface area contributed by atoms with E-state index < -0.39 is 0 Å². The van der Waals surface area contributed by atoms with Gasteiger partial charge in [0.15, 0.2) is 0 Å². The Morgan fingerprint density at radius 1 is 1.32 bits per heavy atom. The van der Waals surface area contributed by atoms with Gasteiger partial charge in [0.2, 0.25) is 0 Å². The molecule has 0 bridgehead atoms. The Kier molecular flexibility index (Phi) is 5.23. The van der Waals surface area contributed by atoms with Crippen LogP contribution in [0.25, 0.3) is 11.0 Å². The summed E-state index contributed by atoms with van der Waals surface area (Å²) in [6.45, 7) is 6.46. The Labute approximate surface area is 119 Å². The molecule has 2 aromatic rings. The summed E-state index contributed by atoms with van der Waals surface area (Å²) < 4.78 is 7.80. The highest BCUT2D eigenvalue weighted by Crippen LogP contribution is 2.24. The molecule has 0 aliphatic carbocycles. The lowest BCUT2D eigenvalue weighted by Gasteiger charge is -2.10. The molecule has 1 aromatic carbocycles. The van der Waals surface area contributed by atoms with Crippen LogP contribution in [0.4, 0.5) is 0 Å². The third-order valence-electron chi connectivity index (χ3n) is 3.14. The van der Waals surface area contributed by atoms with Crippen molar-refractivity contribution in [3.05, 3.63) is 30.1 Å². The van der Waals surface area contributed by atoms with Gasteiger partial charge in [-0.25, -0.2) is 4.98 Å². The first-order valence-electron chi connectivity index (χ1n) is 6.91. The minimum Gasteiger partial charge on any atom is -0.380 e. The summed E-state index contributed by atoms with van der Waals surface area (Å²) in [5.74, 6) is 0.918. The molecule has 0 aliphatic heterocycles. The van der Waals surface area contributed by atoms with Crippen LogP contribution >= 0.6 is 11.6 Å². The summed E-state index contributed by atoms with van der Waals surface area (Å²) in [7, 11) is 0. The van der Waals surface area contributed by atoms with E-state index in [1.54, 1.807) is 0 Å². The second-order valence-electron chi connectivity index (χ2n) is 4.69. The molecule has 3 nitrogen and oxygen atoms in total. The van der Waals surface area contributed by atoms with Crippen molar-refractivity contribution in [3.63, 3.8) is 0 Å². The molecular formula is C15H21ClN2O. The molecule has 0 spiro atoms. The van der Waals surface area contributed by atoms with Crippen LogP contribution in [-0.2, 0) is 11.3 Å². The lowest BCUT2D eigenvalue weighted by molar-refractivity contribution is 0.123. The van der Waals surface area contributed by atoms with E-state index in [0.717, 1.165) is 42.9 Å². The molecule has 0 N–H and O–H groups in total. The van der Waals surface area contributed by atoms with Crippen LogP contribution in [0.2, 0.25) is 0 Å². The number of imidazole rings is 1. The van der Waals surface area contributed by atoms with Crippen molar-refractivity contribution >= 4 is 22.6 Å². The highest BCUT2D eigenvalue weighted by Gasteiger charge is 2.14. The molecule has 1 aromatic heterocycles. The predicted molar refractivity (Wildman–Crippen MR) is 79.7 cm³/mol. The van der Waals surface area contributed by atoms with Crippen molar-refractivity contribution in [1.82, 2.24) is 9.55 Å². The highest BCUT2D eigenvalue weighted by molar-refractivity contribution is 6.20. The predicted octanol–water partition coefficient (Wildman–Crippen LogP) is 4.15. The number of fused-ring (bicyclic) bond motifs is 1. The maximum atomic E-state index is 6.22. The van der Waals surface area contributed by atoms with Crippen molar-refractivity contribution in [2.75, 3.05) is 13.2 Å². The minimum atomic E-state index is -0.0944. The summed E-state index contributed by atoms with van der Waals surface area (Å²) in [4.78, 5) is 4.60. The number of halogens is 1. The molecule has 1 heterocycles. The van der Waals surface area contributed by atoms with Gasteiger partial charge in [-0.05, 0) is 25.5 Å². The summed E-state index contributed by atoms with van der Waals surface area (Å²) in [6, 6.07) is 8.13. The second kappa shape index (κ2) is 6.92. The molecule has 0 aliphatic rings. The lowest BCUT2D eigenvalue weighted by atomic mass is 10.3. The number of aromatic nitrogens is 2. The second-order valence-corrected chi connectivity index (χ2v) is 5.35. The van der Waals surface area contributed by atoms with Crippen LogP contribution in [0.15, 0.2) is 24.3 Å². The smallest absolute Gasteiger partial charge is 0.127 e. The van der Waals surface area contributed by atoms with Crippen molar-refractivity contribution in [1.29, 1.82) is 0 Å². The lowest BCUT2D eigenvalue weighted by Crippen LogP contribution is -2.10. The summed E-state index contributed by atoms with van der Waals surface area (Å²) in [6.07, 6.45) is 2.28. The zero-order valence-corrected chi connectivity index (χ0v) is 12.4. The topological polar surface area (TPSA) is 27.1 Å². The number of para-hydroxylation sites is 2. The van der Waals surface area contributed by atoms with Gasteiger partial charge in [0.25, 0.3) is 0 Å². The van der Waals surface area contributed by atoms with Gasteiger partial charge in [-0.3, -0.25) is 0 Å². The van der Waals surface area contributed by atoms with Crippen LogP contribution in [0, 0.1) is 0 Å². The monoisotopic (exact) mass is 280 g/mol. The molecule has 0 amide bonds. The van der Waals surface area contributed by atoms with Gasteiger partial charge < -0.3 is 9.30 Å². The summed E-state index contributed by atoms with van der Waals surface area (Å²) >= 11 is 6.22. The fraction of sp³-hybridized carbons (Fsp3) is 0.533. The fourth-order valence-corrected chi connectivity index (χ4v) is 2.30. The van der Waals surface area contributed by atoms with Crippen molar-refractivity contribution in [3.8, 4) is 0 Å². The average molecular weight is 281 g/mol. The van der Waals surface area contributed by atoms with Crippen LogP contribution in [0.1, 0.15) is 37.9 Å². The first-order valence-corrected chi connectivity index (χ1v) is 7.34. The Balaban J connectivity index is 2.13. The molecule has 19 heavy (non-hydrogen) atoms. The Morgan fingerprint density at radius 3 is 2.84 bits per heavy atom. The van der Waals surface area contributed by atoms with E-state index in [1.807, 2.05) is 25.1 Å². The molecule has 1 unspecified atom stereocenters. The van der Waals surface area contributed by atoms with E-state index in [2.05, 4.69) is 22.5 Å². The Hall–Kier alpha value is -1.06. The number of rotatable bonds is 7. The van der Waals surface area contributed by atoms with Gasteiger partial charge in [0, 0.05) is 13.2 Å². The van der Waals surface area contributed by atoms with Gasteiger partial charge >= 0.3 is 0 Å². The number of unbranched alkanes of at least 4 members (excludes halogenated alkanes) is 1. The fourth-order valence-electron chi connectivity index (χ4n) is 2.14. The molecule has 1 atom stereocenters. The normalized spacial score (nSPS) is 13.0. The molecular weight excluding hydrogens is 260 g/mol. The summed E-state index contributed by atoms with van der Waals surface area (Å²) in [5, 5.41) is -0.0944. The molecule has 0 fully saturated rings. The van der Waals surface area contributed by atoms with Crippen molar-refractivity contribution < 1.29 is 4.74 Å². The quantitative estimate of drug-likeness (QED) is 0.563. The molecule has 0 saturated carbocycles. The minimum absolute atomic E-state index is 0.0944. The maximum Gasteiger partial charge on any atom is 0.127 e. The van der Waals surface area contributed by atoms with Crippen LogP contribution in [0.5, 0.6) is 0 Å². The van der Waals surface area contributed by atoms with Gasteiger partial charge in [-0.15, -0.1) is 11.6 Å². The summed E-state index contributed by atoms with van der Waals surface area (Å²) in [5.41, 5.74) is 2.13. The molecule has 0 saturated heterocycles. The zero-order valence-electron chi connectivity index (χ0n) is 11.6. The van der Waals surface area contributed by atoms with E-state index >= 15 is 0 Å². The Bertz CT molecular complexity index is 522. The first-order chi connectivity index (χ1) is 9.24. The number of alkyl halides is 1. The SMILES string of the molecule is CCCCOCCn1c(C(C)Cl)nc2ccccc21. The van der Waals surface area contributed by atoms with E-state index in [4.69, 9.17) is 16.3 Å². The first kappa shape index (κ1) is 14.4. The van der Waals surface area contributed by atoms with Gasteiger partial charge in [-0.2, -0.15) is 0 Å². The van der Waals surface area contributed by atoms with E-state index in [9.17, 15) is 0 Å². The van der Waals surface area contributed by atoms with Crippen LogP contribution in [0.3, 0.4) is 0 Å². The van der Waals surface area contributed by atoms with Gasteiger partial charge in [-0.1, -0.05) is 25.5 Å². The number of benzene rings is 1. The molecule has 0 radical (unpaired) electrons. The largest absolute Gasteiger partial charge is 0.380 e. The molecule has 104 valence electrons. The average Bonchev–Trinajstić information content (AvgIpc) is 2.78. The van der Waals surface area contributed by atoms with E-state index in [1.165, 1.54) is 0 Å². The number of hydrogen-bond donors (Lipinski definition) is 0. The number of ether oxygens (including phenoxy) is 1. The number of nitrogens with zero attached hydrogens (tertiary/aromatic N) is 2. The third-order valence-corrected chi connectivity index (χ3v) is 3.34. The standard InChI is InChI=1S/C15H21ClN2O/c1-3-4-10-19-11-9-18-14-8-6-5-7-13(14)17-15(18)12(2)16/h5-8,12H,3-4,9-11H2,1-2H3. The van der Waals surface area contributed by atoms with Crippen molar-refractivity contribution in [2.45, 2.75) is 38.6 Å². The molecule has 2 rings (SSSR count). The van der Waals surface area contributed by atoms with Crippen molar-refractivity contribution in [2.24, 2.45) is 0 Å². The van der Waals surface area contributed by atoms with E-state index in [0.29, 0.717) is 6.61 Å². The highest BCUT2D eigenvalue weighted by atomic mass is 35.5. The number of hydrogen-bond acceptors (Lipinski definition) is 2. The van der Waals surface area contributed by atoms with Crippen LogP contribution in [-0.4, -0.2) is 22.8 Å². The Morgan fingerprint density at radius 2 is 2.11 bits per heavy atom. The van der Waals surface area contributed by atoms with Gasteiger partial charge in [0.05, 0.1) is 23.0 Å². The van der Waals surface area contributed by atoms with Gasteiger partial charge in [0.1, 0.15) is 5.82 Å². The third kappa shape index (κ3) is 3.48. The zero-order chi connectivity index (χ0) is 13.7. The van der Waals surface area contributed by atoms with Crippen LogP contribution < -0.4 is 0 Å².